The minimum absolute atomic E-state index is 0.403. The van der Waals surface area contributed by atoms with Crippen LogP contribution in [0.1, 0.15) is 0 Å². The third kappa shape index (κ3) is 3.54. The van der Waals surface area contributed by atoms with Gasteiger partial charge in [-0.05, 0) is 23.6 Å². The smallest absolute Gasteiger partial charge is 0.252 e. The highest BCUT2D eigenvalue weighted by molar-refractivity contribution is 7.91. The van der Waals surface area contributed by atoms with Crippen molar-refractivity contribution in [3.63, 3.8) is 0 Å². The van der Waals surface area contributed by atoms with Gasteiger partial charge in [-0.15, -0.1) is 21.5 Å². The van der Waals surface area contributed by atoms with Gasteiger partial charge in [-0.2, -0.15) is 4.31 Å². The first-order chi connectivity index (χ1) is 12.6. The Morgan fingerprint density at radius 1 is 0.885 bits per heavy atom. The topological polar surface area (TPSA) is 78.9 Å². The molecule has 140 valence electrons. The molecule has 2 aliphatic rings. The summed E-state index contributed by atoms with van der Waals surface area (Å²) in [4.78, 5) is 4.24. The van der Waals surface area contributed by atoms with E-state index >= 15 is 0 Å². The maximum Gasteiger partial charge on any atom is 0.252 e. The van der Waals surface area contributed by atoms with Crippen molar-refractivity contribution in [3.8, 4) is 0 Å². The van der Waals surface area contributed by atoms with Crippen LogP contribution in [0.15, 0.2) is 33.9 Å². The van der Waals surface area contributed by atoms with E-state index in [1.807, 2.05) is 12.1 Å². The van der Waals surface area contributed by atoms with Crippen molar-refractivity contribution >= 4 is 33.0 Å². The van der Waals surface area contributed by atoms with Crippen LogP contribution < -0.4 is 9.80 Å². The van der Waals surface area contributed by atoms with Gasteiger partial charge >= 0.3 is 0 Å². The first-order valence-electron chi connectivity index (χ1n) is 8.60. The lowest BCUT2D eigenvalue weighted by molar-refractivity contribution is 0.122. The molecule has 26 heavy (non-hydrogen) atoms. The molecule has 0 saturated carbocycles. The summed E-state index contributed by atoms with van der Waals surface area (Å²) in [6.07, 6.45) is 0. The SMILES string of the molecule is O=S(=O)(c1cccs1)N1CCN(c2ccc(N3CCOCC3)nn2)CC1. The molecule has 0 N–H and O–H groups in total. The molecule has 2 aromatic rings. The van der Waals surface area contributed by atoms with Crippen LogP contribution >= 0.6 is 11.3 Å². The van der Waals surface area contributed by atoms with Crippen molar-refractivity contribution in [2.75, 3.05) is 62.3 Å². The van der Waals surface area contributed by atoms with Crippen molar-refractivity contribution in [1.29, 1.82) is 0 Å². The summed E-state index contributed by atoms with van der Waals surface area (Å²) in [5.74, 6) is 1.64. The minimum Gasteiger partial charge on any atom is -0.378 e. The summed E-state index contributed by atoms with van der Waals surface area (Å²) >= 11 is 1.26. The van der Waals surface area contributed by atoms with Gasteiger partial charge in [0.25, 0.3) is 10.0 Å². The van der Waals surface area contributed by atoms with Crippen LogP contribution in [-0.2, 0) is 14.8 Å². The van der Waals surface area contributed by atoms with Crippen molar-refractivity contribution < 1.29 is 13.2 Å². The summed E-state index contributed by atoms with van der Waals surface area (Å²) in [5.41, 5.74) is 0. The molecule has 4 heterocycles. The van der Waals surface area contributed by atoms with E-state index < -0.39 is 10.0 Å². The predicted molar refractivity (Wildman–Crippen MR) is 100 cm³/mol. The molecule has 2 aliphatic heterocycles. The highest BCUT2D eigenvalue weighted by atomic mass is 32.2. The second-order valence-electron chi connectivity index (χ2n) is 6.17. The van der Waals surface area contributed by atoms with E-state index in [1.165, 1.54) is 11.3 Å². The Kier molecular flexibility index (Phi) is 5.07. The molecule has 0 unspecified atom stereocenters. The number of hydrogen-bond donors (Lipinski definition) is 0. The molecule has 8 nitrogen and oxygen atoms in total. The first-order valence-corrected chi connectivity index (χ1v) is 10.9. The molecule has 0 aliphatic carbocycles. The monoisotopic (exact) mass is 395 g/mol. The Morgan fingerprint density at radius 2 is 1.50 bits per heavy atom. The summed E-state index contributed by atoms with van der Waals surface area (Å²) in [5, 5.41) is 10.5. The highest BCUT2D eigenvalue weighted by Gasteiger charge is 2.29. The maximum absolute atomic E-state index is 12.6. The number of anilines is 2. The molecular formula is C16H21N5O3S2. The molecule has 4 rings (SSSR count). The Morgan fingerprint density at radius 3 is 2.04 bits per heavy atom. The van der Waals surface area contributed by atoms with E-state index in [-0.39, 0.29) is 0 Å². The number of hydrogen-bond acceptors (Lipinski definition) is 8. The quantitative estimate of drug-likeness (QED) is 0.761. The van der Waals surface area contributed by atoms with Crippen LogP contribution in [0.4, 0.5) is 11.6 Å². The van der Waals surface area contributed by atoms with Crippen molar-refractivity contribution in [2.45, 2.75) is 4.21 Å². The molecule has 0 atom stereocenters. The summed E-state index contributed by atoms with van der Waals surface area (Å²) in [7, 11) is -3.37. The fourth-order valence-electron chi connectivity index (χ4n) is 3.14. The van der Waals surface area contributed by atoms with E-state index in [0.29, 0.717) is 43.6 Å². The van der Waals surface area contributed by atoms with E-state index in [2.05, 4.69) is 20.0 Å². The van der Waals surface area contributed by atoms with E-state index in [0.717, 1.165) is 24.7 Å². The highest BCUT2D eigenvalue weighted by Crippen LogP contribution is 2.23. The Hall–Kier alpha value is -1.75. The number of thiophene rings is 1. The van der Waals surface area contributed by atoms with Crippen LogP contribution in [0, 0.1) is 0 Å². The van der Waals surface area contributed by atoms with E-state index in [1.54, 1.807) is 21.8 Å². The second kappa shape index (κ2) is 7.47. The fourth-order valence-corrected chi connectivity index (χ4v) is 5.71. The standard InChI is InChI=1S/C16H21N5O3S2/c22-26(23,16-2-1-13-25-16)21-7-5-19(6-8-21)14-3-4-15(18-17-14)20-9-11-24-12-10-20/h1-4,13H,5-12H2. The third-order valence-electron chi connectivity index (χ3n) is 4.62. The molecule has 0 radical (unpaired) electrons. The molecule has 0 aromatic carbocycles. The predicted octanol–water partition coefficient (Wildman–Crippen LogP) is 0.886. The molecule has 0 spiro atoms. The van der Waals surface area contributed by atoms with Gasteiger partial charge in [0.15, 0.2) is 11.6 Å². The number of aromatic nitrogens is 2. The van der Waals surface area contributed by atoms with Gasteiger partial charge in [0.05, 0.1) is 13.2 Å². The zero-order chi connectivity index (χ0) is 18.0. The van der Waals surface area contributed by atoms with Gasteiger partial charge in [-0.25, -0.2) is 8.42 Å². The molecule has 0 amide bonds. The number of piperazine rings is 1. The molecule has 2 aromatic heterocycles. The number of rotatable bonds is 4. The average Bonchev–Trinajstić information content (AvgIpc) is 3.25. The first kappa shape index (κ1) is 17.7. The summed E-state index contributed by atoms with van der Waals surface area (Å²) in [6, 6.07) is 7.35. The van der Waals surface area contributed by atoms with Gasteiger partial charge in [0, 0.05) is 39.3 Å². The average molecular weight is 396 g/mol. The number of ether oxygens (including phenoxy) is 1. The Bertz CT molecular complexity index is 812. The van der Waals surface area contributed by atoms with Crippen LogP contribution in [0.3, 0.4) is 0 Å². The van der Waals surface area contributed by atoms with Gasteiger partial charge in [0.2, 0.25) is 0 Å². The summed E-state index contributed by atoms with van der Waals surface area (Å²) < 4.78 is 32.5. The third-order valence-corrected chi connectivity index (χ3v) is 7.90. The normalized spacial score (nSPS) is 19.7. The second-order valence-corrected chi connectivity index (χ2v) is 9.28. The largest absolute Gasteiger partial charge is 0.378 e. The lowest BCUT2D eigenvalue weighted by atomic mass is 10.3. The Labute approximate surface area is 157 Å². The minimum atomic E-state index is -3.37. The zero-order valence-electron chi connectivity index (χ0n) is 14.3. The van der Waals surface area contributed by atoms with E-state index in [9.17, 15) is 8.42 Å². The van der Waals surface area contributed by atoms with Crippen molar-refractivity contribution in [1.82, 2.24) is 14.5 Å². The number of morpholine rings is 1. The van der Waals surface area contributed by atoms with Crippen molar-refractivity contribution in [3.05, 3.63) is 29.6 Å². The zero-order valence-corrected chi connectivity index (χ0v) is 16.0. The molecular weight excluding hydrogens is 374 g/mol. The van der Waals surface area contributed by atoms with Gasteiger partial charge in [0.1, 0.15) is 4.21 Å². The maximum atomic E-state index is 12.6. The van der Waals surface area contributed by atoms with Gasteiger partial charge < -0.3 is 14.5 Å². The Balaban J connectivity index is 1.39. The van der Waals surface area contributed by atoms with Gasteiger partial charge in [-0.1, -0.05) is 6.07 Å². The molecule has 10 heteroatoms. The lowest BCUT2D eigenvalue weighted by Gasteiger charge is -2.34. The van der Waals surface area contributed by atoms with Crippen LogP contribution in [0.5, 0.6) is 0 Å². The van der Waals surface area contributed by atoms with Crippen LogP contribution in [0.25, 0.3) is 0 Å². The molecule has 2 fully saturated rings. The lowest BCUT2D eigenvalue weighted by Crippen LogP contribution is -2.48. The summed E-state index contributed by atoms with van der Waals surface area (Å²) in [6.45, 7) is 5.20. The van der Waals surface area contributed by atoms with Crippen LogP contribution in [0.2, 0.25) is 0 Å². The van der Waals surface area contributed by atoms with E-state index in [4.69, 9.17) is 4.74 Å². The molecule has 2 saturated heterocycles. The van der Waals surface area contributed by atoms with Gasteiger partial charge in [-0.3, -0.25) is 0 Å². The fraction of sp³-hybridized carbons (Fsp3) is 0.500. The number of sulfonamides is 1. The van der Waals surface area contributed by atoms with Crippen molar-refractivity contribution in [2.24, 2.45) is 0 Å². The number of nitrogens with zero attached hydrogens (tertiary/aromatic N) is 5. The van der Waals surface area contributed by atoms with Crippen LogP contribution in [-0.4, -0.2) is 75.4 Å². The molecule has 0 bridgehead atoms.